The number of anilines is 1. The molecule has 0 bridgehead atoms. The summed E-state index contributed by atoms with van der Waals surface area (Å²) < 4.78 is 18.0. The molecule has 0 aromatic heterocycles. The van der Waals surface area contributed by atoms with Crippen LogP contribution in [0.15, 0.2) is 18.2 Å². The second kappa shape index (κ2) is 6.52. The number of hydrogen-bond donors (Lipinski definition) is 2. The Morgan fingerprint density at radius 1 is 1.37 bits per heavy atom. The molecule has 0 aliphatic carbocycles. The minimum absolute atomic E-state index is 0.0200. The quantitative estimate of drug-likeness (QED) is 0.863. The van der Waals surface area contributed by atoms with Crippen LogP contribution in [0.4, 0.5) is 10.1 Å². The Kier molecular flexibility index (Phi) is 5.30. The summed E-state index contributed by atoms with van der Waals surface area (Å²) in [5.41, 5.74) is 0.457. The zero-order valence-corrected chi connectivity index (χ0v) is 11.8. The summed E-state index contributed by atoms with van der Waals surface area (Å²) in [5, 5.41) is 5.93. The predicted octanol–water partition coefficient (Wildman–Crippen LogP) is 2.55. The lowest BCUT2D eigenvalue weighted by atomic mass is 10.1. The van der Waals surface area contributed by atoms with Gasteiger partial charge in [0.25, 0.3) is 0 Å². The summed E-state index contributed by atoms with van der Waals surface area (Å²) in [4.78, 5) is 11.8. The Morgan fingerprint density at radius 3 is 2.63 bits per heavy atom. The first-order valence-electron chi connectivity index (χ1n) is 6.20. The minimum atomic E-state index is -0.399. The number of hydrogen-bond acceptors (Lipinski definition) is 3. The van der Waals surface area contributed by atoms with Crippen LogP contribution in [0.2, 0.25) is 0 Å². The summed E-state index contributed by atoms with van der Waals surface area (Å²) in [6.07, 6.45) is 0.345. The molecule has 0 aliphatic heterocycles. The van der Waals surface area contributed by atoms with Gasteiger partial charge >= 0.3 is 0 Å². The molecule has 5 heteroatoms. The number of carbonyl (C=O) groups is 1. The SMILES string of the molecule is COc1cc(F)ccc1NC(=O)CCNC(C)(C)C. The van der Waals surface area contributed by atoms with Crippen LogP contribution in [-0.4, -0.2) is 25.1 Å². The minimum Gasteiger partial charge on any atom is -0.494 e. The standard InChI is InChI=1S/C14H21FN2O2/c1-14(2,3)16-8-7-13(18)17-11-6-5-10(15)9-12(11)19-4/h5-6,9,16H,7-8H2,1-4H3,(H,17,18). The van der Waals surface area contributed by atoms with E-state index in [0.29, 0.717) is 24.4 Å². The molecule has 1 rings (SSSR count). The maximum atomic E-state index is 13.0. The van der Waals surface area contributed by atoms with Crippen LogP contribution in [0.25, 0.3) is 0 Å². The molecule has 0 saturated heterocycles. The van der Waals surface area contributed by atoms with Crippen molar-refractivity contribution in [1.29, 1.82) is 0 Å². The van der Waals surface area contributed by atoms with Gasteiger partial charge in [0.2, 0.25) is 5.91 Å². The molecule has 2 N–H and O–H groups in total. The topological polar surface area (TPSA) is 50.4 Å². The Balaban J connectivity index is 2.53. The fourth-order valence-corrected chi connectivity index (χ4v) is 1.53. The van der Waals surface area contributed by atoms with Crippen LogP contribution >= 0.6 is 0 Å². The summed E-state index contributed by atoms with van der Waals surface area (Å²) in [7, 11) is 1.44. The van der Waals surface area contributed by atoms with E-state index >= 15 is 0 Å². The van der Waals surface area contributed by atoms with Crippen molar-refractivity contribution < 1.29 is 13.9 Å². The number of ether oxygens (including phenoxy) is 1. The van der Waals surface area contributed by atoms with Gasteiger partial charge in [0.05, 0.1) is 12.8 Å². The molecule has 19 heavy (non-hydrogen) atoms. The van der Waals surface area contributed by atoms with E-state index in [2.05, 4.69) is 10.6 Å². The average molecular weight is 268 g/mol. The van der Waals surface area contributed by atoms with Gasteiger partial charge in [-0.25, -0.2) is 4.39 Å². The van der Waals surface area contributed by atoms with Crippen molar-refractivity contribution in [3.05, 3.63) is 24.0 Å². The van der Waals surface area contributed by atoms with Crippen molar-refractivity contribution in [2.24, 2.45) is 0 Å². The van der Waals surface area contributed by atoms with Gasteiger partial charge in [-0.2, -0.15) is 0 Å². The van der Waals surface area contributed by atoms with Gasteiger partial charge in [-0.05, 0) is 32.9 Å². The molecule has 0 fully saturated rings. The molecule has 0 radical (unpaired) electrons. The Bertz CT molecular complexity index is 442. The highest BCUT2D eigenvalue weighted by molar-refractivity contribution is 5.92. The second-order valence-electron chi connectivity index (χ2n) is 5.32. The van der Waals surface area contributed by atoms with E-state index in [1.807, 2.05) is 20.8 Å². The molecule has 0 spiro atoms. The summed E-state index contributed by atoms with van der Waals surface area (Å²) in [5.74, 6) is -0.219. The Morgan fingerprint density at radius 2 is 2.05 bits per heavy atom. The van der Waals surface area contributed by atoms with Crippen LogP contribution < -0.4 is 15.4 Å². The lowest BCUT2D eigenvalue weighted by molar-refractivity contribution is -0.116. The first-order chi connectivity index (χ1) is 8.81. The van der Waals surface area contributed by atoms with Crippen molar-refractivity contribution in [3.63, 3.8) is 0 Å². The van der Waals surface area contributed by atoms with Crippen molar-refractivity contribution in [2.45, 2.75) is 32.7 Å². The van der Waals surface area contributed by atoms with Crippen LogP contribution in [-0.2, 0) is 4.79 Å². The molecular formula is C14H21FN2O2. The fourth-order valence-electron chi connectivity index (χ4n) is 1.53. The molecule has 1 amide bonds. The lowest BCUT2D eigenvalue weighted by Crippen LogP contribution is -2.37. The smallest absolute Gasteiger partial charge is 0.225 e. The van der Waals surface area contributed by atoms with E-state index in [1.165, 1.54) is 25.3 Å². The molecule has 0 heterocycles. The zero-order chi connectivity index (χ0) is 14.5. The molecular weight excluding hydrogens is 247 g/mol. The number of benzene rings is 1. The Hall–Kier alpha value is -1.62. The van der Waals surface area contributed by atoms with E-state index in [0.717, 1.165) is 0 Å². The highest BCUT2D eigenvalue weighted by Crippen LogP contribution is 2.24. The number of methoxy groups -OCH3 is 1. The number of nitrogens with one attached hydrogen (secondary N) is 2. The van der Waals surface area contributed by atoms with Crippen LogP contribution in [0.1, 0.15) is 27.2 Å². The third-order valence-electron chi connectivity index (χ3n) is 2.45. The van der Waals surface area contributed by atoms with Gasteiger partial charge < -0.3 is 15.4 Å². The zero-order valence-electron chi connectivity index (χ0n) is 11.8. The first-order valence-corrected chi connectivity index (χ1v) is 6.20. The molecule has 0 atom stereocenters. The van der Waals surface area contributed by atoms with Gasteiger partial charge in [0.1, 0.15) is 11.6 Å². The van der Waals surface area contributed by atoms with Crippen LogP contribution in [0, 0.1) is 5.82 Å². The van der Waals surface area contributed by atoms with Gasteiger partial charge in [0.15, 0.2) is 0 Å². The highest BCUT2D eigenvalue weighted by Gasteiger charge is 2.11. The number of rotatable bonds is 5. The molecule has 0 unspecified atom stereocenters. The average Bonchev–Trinajstić information content (AvgIpc) is 2.29. The van der Waals surface area contributed by atoms with E-state index in [4.69, 9.17) is 4.74 Å². The third kappa shape index (κ3) is 5.70. The molecule has 0 saturated carbocycles. The van der Waals surface area contributed by atoms with Gasteiger partial charge in [-0.3, -0.25) is 4.79 Å². The predicted molar refractivity (Wildman–Crippen MR) is 74.0 cm³/mol. The molecule has 1 aromatic rings. The van der Waals surface area contributed by atoms with Crippen LogP contribution in [0.3, 0.4) is 0 Å². The van der Waals surface area contributed by atoms with Gasteiger partial charge in [-0.15, -0.1) is 0 Å². The monoisotopic (exact) mass is 268 g/mol. The van der Waals surface area contributed by atoms with Crippen molar-refractivity contribution in [2.75, 3.05) is 19.0 Å². The summed E-state index contributed by atoms with van der Waals surface area (Å²) in [6, 6.07) is 4.01. The largest absolute Gasteiger partial charge is 0.494 e. The maximum Gasteiger partial charge on any atom is 0.225 e. The van der Waals surface area contributed by atoms with Crippen molar-refractivity contribution in [1.82, 2.24) is 5.32 Å². The molecule has 1 aromatic carbocycles. The summed E-state index contributed by atoms with van der Waals surface area (Å²) >= 11 is 0. The number of carbonyl (C=O) groups excluding carboxylic acids is 1. The second-order valence-corrected chi connectivity index (χ2v) is 5.32. The van der Waals surface area contributed by atoms with Gasteiger partial charge in [0, 0.05) is 24.6 Å². The van der Waals surface area contributed by atoms with E-state index < -0.39 is 5.82 Å². The van der Waals surface area contributed by atoms with Crippen LogP contribution in [0.5, 0.6) is 5.75 Å². The van der Waals surface area contributed by atoms with Crippen molar-refractivity contribution >= 4 is 11.6 Å². The van der Waals surface area contributed by atoms with E-state index in [1.54, 1.807) is 0 Å². The fraction of sp³-hybridized carbons (Fsp3) is 0.500. The number of halogens is 1. The highest BCUT2D eigenvalue weighted by atomic mass is 19.1. The van der Waals surface area contributed by atoms with E-state index in [9.17, 15) is 9.18 Å². The third-order valence-corrected chi connectivity index (χ3v) is 2.45. The summed E-state index contributed by atoms with van der Waals surface area (Å²) in [6.45, 7) is 6.69. The molecule has 4 nitrogen and oxygen atoms in total. The normalized spacial score (nSPS) is 11.2. The lowest BCUT2D eigenvalue weighted by Gasteiger charge is -2.20. The maximum absolute atomic E-state index is 13.0. The molecule has 106 valence electrons. The first kappa shape index (κ1) is 15.4. The van der Waals surface area contributed by atoms with Gasteiger partial charge in [-0.1, -0.05) is 0 Å². The van der Waals surface area contributed by atoms with E-state index in [-0.39, 0.29) is 11.4 Å². The number of amides is 1. The van der Waals surface area contributed by atoms with Crippen molar-refractivity contribution in [3.8, 4) is 5.75 Å². The Labute approximate surface area is 113 Å². The molecule has 0 aliphatic rings.